The molecule has 154 valence electrons. The molecule has 1 atom stereocenters. The molecule has 0 fully saturated rings. The van der Waals surface area contributed by atoms with Crippen molar-refractivity contribution >= 4 is 33.6 Å². The number of rotatable bonds is 5. The zero-order valence-corrected chi connectivity index (χ0v) is 18.8. The number of nitrogens with one attached hydrogen (secondary N) is 1. The number of hydrogen-bond donors (Lipinski definition) is 1. The van der Waals surface area contributed by atoms with Gasteiger partial charge in [-0.3, -0.25) is 4.79 Å². The lowest BCUT2D eigenvalue weighted by Crippen LogP contribution is -2.48. The number of urea groups is 1. The number of anilines is 1. The van der Waals surface area contributed by atoms with Gasteiger partial charge in [0.15, 0.2) is 0 Å². The second kappa shape index (κ2) is 9.44. The Morgan fingerprint density at radius 3 is 2.69 bits per heavy atom. The zero-order valence-electron chi connectivity index (χ0n) is 17.2. The molecule has 0 saturated carbocycles. The predicted octanol–water partition coefficient (Wildman–Crippen LogP) is 5.08. The maximum atomic E-state index is 13.1. The van der Waals surface area contributed by atoms with Gasteiger partial charge in [0, 0.05) is 23.2 Å². The largest absolute Gasteiger partial charge is 0.334 e. The number of hydrogen-bond acceptors (Lipinski definition) is 2. The van der Waals surface area contributed by atoms with E-state index in [1.54, 1.807) is 4.90 Å². The van der Waals surface area contributed by atoms with Gasteiger partial charge in [0.05, 0.1) is 6.04 Å². The van der Waals surface area contributed by atoms with Crippen LogP contribution >= 0.6 is 15.9 Å². The number of carbonyl (C=O) groups is 2. The summed E-state index contributed by atoms with van der Waals surface area (Å²) in [6, 6.07) is 15.5. The van der Waals surface area contributed by atoms with Crippen LogP contribution in [0.5, 0.6) is 0 Å². The predicted molar refractivity (Wildman–Crippen MR) is 120 cm³/mol. The highest BCUT2D eigenvalue weighted by molar-refractivity contribution is 9.10. The van der Waals surface area contributed by atoms with E-state index >= 15 is 0 Å². The molecule has 0 aliphatic carbocycles. The number of benzene rings is 2. The highest BCUT2D eigenvalue weighted by atomic mass is 79.9. The van der Waals surface area contributed by atoms with Crippen LogP contribution in [0.3, 0.4) is 0 Å². The molecule has 1 aliphatic rings. The Morgan fingerprint density at radius 2 is 1.97 bits per heavy atom. The Labute approximate surface area is 181 Å². The van der Waals surface area contributed by atoms with E-state index in [0.29, 0.717) is 18.8 Å². The van der Waals surface area contributed by atoms with E-state index in [1.165, 1.54) is 11.1 Å². The summed E-state index contributed by atoms with van der Waals surface area (Å²) in [5, 5.41) is 2.91. The van der Waals surface area contributed by atoms with Crippen molar-refractivity contribution in [1.82, 2.24) is 9.80 Å². The zero-order chi connectivity index (χ0) is 21.0. The first kappa shape index (κ1) is 21.4. The van der Waals surface area contributed by atoms with Gasteiger partial charge in [-0.2, -0.15) is 0 Å². The first-order chi connectivity index (χ1) is 13.8. The first-order valence-corrected chi connectivity index (χ1v) is 10.8. The van der Waals surface area contributed by atoms with Crippen molar-refractivity contribution < 1.29 is 9.59 Å². The molecule has 3 amide bonds. The molecule has 1 aliphatic heterocycles. The summed E-state index contributed by atoms with van der Waals surface area (Å²) in [6.07, 6.45) is 0.848. The summed E-state index contributed by atoms with van der Waals surface area (Å²) in [5.41, 5.74) is 3.20. The lowest BCUT2D eigenvalue weighted by atomic mass is 9.93. The Morgan fingerprint density at radius 1 is 1.21 bits per heavy atom. The van der Waals surface area contributed by atoms with Gasteiger partial charge in [0.25, 0.3) is 0 Å². The lowest BCUT2D eigenvalue weighted by Gasteiger charge is -2.37. The molecule has 5 nitrogen and oxygen atoms in total. The molecule has 2 aromatic rings. The van der Waals surface area contributed by atoms with Crippen LogP contribution in [0, 0.1) is 5.92 Å². The third-order valence-electron chi connectivity index (χ3n) is 5.19. The van der Waals surface area contributed by atoms with E-state index in [9.17, 15) is 9.59 Å². The summed E-state index contributed by atoms with van der Waals surface area (Å²) < 4.78 is 0.891. The molecule has 1 unspecified atom stereocenters. The van der Waals surface area contributed by atoms with E-state index in [0.717, 1.165) is 10.9 Å². The second-order valence-electron chi connectivity index (χ2n) is 7.93. The van der Waals surface area contributed by atoms with Crippen LogP contribution < -0.4 is 5.32 Å². The van der Waals surface area contributed by atoms with E-state index in [4.69, 9.17) is 0 Å². The van der Waals surface area contributed by atoms with Gasteiger partial charge in [0.2, 0.25) is 5.91 Å². The normalized spacial score (nSPS) is 15.8. The van der Waals surface area contributed by atoms with E-state index < -0.39 is 0 Å². The molecule has 1 heterocycles. The number of amides is 3. The monoisotopic (exact) mass is 457 g/mol. The number of fused-ring (bicyclic) bond motifs is 1. The minimum Gasteiger partial charge on any atom is -0.334 e. The summed E-state index contributed by atoms with van der Waals surface area (Å²) in [7, 11) is 0. The van der Waals surface area contributed by atoms with Gasteiger partial charge in [-0.1, -0.05) is 60.1 Å². The third kappa shape index (κ3) is 5.38. The molecule has 2 aromatic carbocycles. The van der Waals surface area contributed by atoms with Gasteiger partial charge in [-0.25, -0.2) is 4.79 Å². The fourth-order valence-electron chi connectivity index (χ4n) is 3.80. The summed E-state index contributed by atoms with van der Waals surface area (Å²) in [6.45, 7) is 7.42. The molecule has 0 saturated heterocycles. The molecule has 0 bridgehead atoms. The quantitative estimate of drug-likeness (QED) is 0.679. The van der Waals surface area contributed by atoms with Crippen molar-refractivity contribution in [3.05, 3.63) is 64.1 Å². The van der Waals surface area contributed by atoms with Crippen molar-refractivity contribution in [3.8, 4) is 0 Å². The third-order valence-corrected chi connectivity index (χ3v) is 5.68. The van der Waals surface area contributed by atoms with Gasteiger partial charge < -0.3 is 15.1 Å². The molecule has 29 heavy (non-hydrogen) atoms. The Kier molecular flexibility index (Phi) is 6.96. The van der Waals surface area contributed by atoms with Crippen molar-refractivity contribution in [1.29, 1.82) is 0 Å². The standard InChI is InChI=1S/C23H28BrN3O2/c1-16(2)14-26(23(29)25-20-9-6-8-19(24)13-20)15-22(28)27-12-11-18-7-4-5-10-21(18)17(27)3/h4-10,13,16-17H,11-12,14-15H2,1-3H3,(H,25,29). The lowest BCUT2D eigenvalue weighted by molar-refractivity contribution is -0.134. The van der Waals surface area contributed by atoms with Crippen LogP contribution in [-0.2, 0) is 11.2 Å². The van der Waals surface area contributed by atoms with E-state index in [-0.39, 0.29) is 30.4 Å². The maximum absolute atomic E-state index is 13.1. The Balaban J connectivity index is 1.71. The van der Waals surface area contributed by atoms with Gasteiger partial charge in [-0.05, 0) is 48.6 Å². The molecule has 0 spiro atoms. The average molecular weight is 458 g/mol. The fourth-order valence-corrected chi connectivity index (χ4v) is 4.19. The second-order valence-corrected chi connectivity index (χ2v) is 8.84. The molecule has 6 heteroatoms. The van der Waals surface area contributed by atoms with Gasteiger partial charge >= 0.3 is 6.03 Å². The minimum atomic E-state index is -0.254. The summed E-state index contributed by atoms with van der Waals surface area (Å²) in [5.74, 6) is 0.243. The minimum absolute atomic E-state index is 0.0153. The number of carbonyl (C=O) groups excluding carboxylic acids is 2. The van der Waals surface area contributed by atoms with Crippen LogP contribution in [0.4, 0.5) is 10.5 Å². The van der Waals surface area contributed by atoms with Gasteiger partial charge in [-0.15, -0.1) is 0 Å². The van der Waals surface area contributed by atoms with Crippen LogP contribution in [0.25, 0.3) is 0 Å². The molecule has 0 radical (unpaired) electrons. The van der Waals surface area contributed by atoms with Crippen molar-refractivity contribution in [2.45, 2.75) is 33.2 Å². The van der Waals surface area contributed by atoms with Gasteiger partial charge in [0.1, 0.15) is 6.54 Å². The SMILES string of the molecule is CC(C)CN(CC(=O)N1CCc2ccccc2C1C)C(=O)Nc1cccc(Br)c1. The molecular formula is C23H28BrN3O2. The molecule has 3 rings (SSSR count). The average Bonchev–Trinajstić information content (AvgIpc) is 2.67. The van der Waals surface area contributed by atoms with Crippen molar-refractivity contribution in [3.63, 3.8) is 0 Å². The Hall–Kier alpha value is -2.34. The van der Waals surface area contributed by atoms with Crippen LogP contribution in [0.1, 0.15) is 37.9 Å². The Bertz CT molecular complexity index is 884. The molecule has 0 aromatic heterocycles. The molecule has 1 N–H and O–H groups in total. The highest BCUT2D eigenvalue weighted by Crippen LogP contribution is 2.29. The smallest absolute Gasteiger partial charge is 0.322 e. The highest BCUT2D eigenvalue weighted by Gasteiger charge is 2.29. The number of nitrogens with zero attached hydrogens (tertiary/aromatic N) is 2. The van der Waals surface area contributed by atoms with E-state index in [1.807, 2.05) is 55.1 Å². The number of halogens is 1. The van der Waals surface area contributed by atoms with Crippen molar-refractivity contribution in [2.75, 3.05) is 25.0 Å². The topological polar surface area (TPSA) is 52.7 Å². The first-order valence-electron chi connectivity index (χ1n) is 10.0. The van der Waals surface area contributed by atoms with Crippen molar-refractivity contribution in [2.24, 2.45) is 5.92 Å². The van der Waals surface area contributed by atoms with Crippen LogP contribution in [0.2, 0.25) is 0 Å². The van der Waals surface area contributed by atoms with Crippen LogP contribution in [0.15, 0.2) is 53.0 Å². The maximum Gasteiger partial charge on any atom is 0.322 e. The molecular weight excluding hydrogens is 430 g/mol. The van der Waals surface area contributed by atoms with E-state index in [2.05, 4.69) is 40.3 Å². The fraction of sp³-hybridized carbons (Fsp3) is 0.391. The summed E-state index contributed by atoms with van der Waals surface area (Å²) in [4.78, 5) is 29.5. The summed E-state index contributed by atoms with van der Waals surface area (Å²) >= 11 is 3.42. The van der Waals surface area contributed by atoms with Crippen LogP contribution in [-0.4, -0.2) is 41.4 Å².